The molecule has 1 N–H and O–H groups in total. The molecule has 4 nitrogen and oxygen atoms in total. The van der Waals surface area contributed by atoms with Crippen LogP contribution in [0.15, 0.2) is 39.5 Å². The van der Waals surface area contributed by atoms with Crippen molar-refractivity contribution in [3.05, 3.63) is 56.2 Å². The molecule has 2 aromatic rings. The summed E-state index contributed by atoms with van der Waals surface area (Å²) in [4.78, 5) is 16.1. The SMILES string of the molecule is O=C(NCc1cc(Br)cc2c1OCC2)c1cncc(Br)c1. The molecule has 0 atom stereocenters. The van der Waals surface area contributed by atoms with Gasteiger partial charge in [0.05, 0.1) is 12.2 Å². The minimum Gasteiger partial charge on any atom is -0.493 e. The Labute approximate surface area is 139 Å². The summed E-state index contributed by atoms with van der Waals surface area (Å²) in [6.07, 6.45) is 4.10. The molecule has 1 aliphatic rings. The predicted molar refractivity (Wildman–Crippen MR) is 86.4 cm³/mol. The number of nitrogens with zero attached hydrogens (tertiary/aromatic N) is 1. The molecule has 1 aliphatic heterocycles. The van der Waals surface area contributed by atoms with Crippen LogP contribution in [0, 0.1) is 0 Å². The molecular weight excluding hydrogens is 400 g/mol. The van der Waals surface area contributed by atoms with Crippen LogP contribution in [0.3, 0.4) is 0 Å². The van der Waals surface area contributed by atoms with E-state index in [1.165, 1.54) is 5.56 Å². The second-order valence-corrected chi connectivity index (χ2v) is 6.56. The minimum absolute atomic E-state index is 0.157. The van der Waals surface area contributed by atoms with E-state index in [9.17, 15) is 4.79 Å². The first-order valence-electron chi connectivity index (χ1n) is 6.46. The average Bonchev–Trinajstić information content (AvgIpc) is 2.92. The number of fused-ring (bicyclic) bond motifs is 1. The van der Waals surface area contributed by atoms with Gasteiger partial charge in [0.25, 0.3) is 5.91 Å². The van der Waals surface area contributed by atoms with Gasteiger partial charge in [0.2, 0.25) is 0 Å². The number of nitrogens with one attached hydrogen (secondary N) is 1. The second kappa shape index (κ2) is 6.15. The number of rotatable bonds is 3. The molecule has 1 aromatic heterocycles. The first kappa shape index (κ1) is 14.5. The third kappa shape index (κ3) is 3.27. The van der Waals surface area contributed by atoms with Gasteiger partial charge in [-0.1, -0.05) is 15.9 Å². The lowest BCUT2D eigenvalue weighted by Gasteiger charge is -2.10. The van der Waals surface area contributed by atoms with Gasteiger partial charge in [-0.25, -0.2) is 0 Å². The first-order chi connectivity index (χ1) is 10.1. The zero-order chi connectivity index (χ0) is 14.8. The van der Waals surface area contributed by atoms with Crippen molar-refractivity contribution in [2.75, 3.05) is 6.61 Å². The molecule has 3 rings (SSSR count). The zero-order valence-electron chi connectivity index (χ0n) is 11.0. The molecule has 0 saturated carbocycles. The van der Waals surface area contributed by atoms with Gasteiger partial charge in [0.15, 0.2) is 0 Å². The van der Waals surface area contributed by atoms with Crippen LogP contribution < -0.4 is 10.1 Å². The lowest BCUT2D eigenvalue weighted by Crippen LogP contribution is -2.23. The highest BCUT2D eigenvalue weighted by molar-refractivity contribution is 9.10. The Hall–Kier alpha value is -1.40. The third-order valence-electron chi connectivity index (χ3n) is 3.23. The summed E-state index contributed by atoms with van der Waals surface area (Å²) in [6, 6.07) is 5.78. The van der Waals surface area contributed by atoms with Crippen molar-refractivity contribution in [1.82, 2.24) is 10.3 Å². The van der Waals surface area contributed by atoms with Gasteiger partial charge in [-0.05, 0) is 39.7 Å². The Balaban J connectivity index is 1.75. The number of pyridine rings is 1. The number of hydrogen-bond acceptors (Lipinski definition) is 3. The van der Waals surface area contributed by atoms with Crippen molar-refractivity contribution in [1.29, 1.82) is 0 Å². The number of aromatic nitrogens is 1. The Bertz CT molecular complexity index is 704. The molecule has 0 radical (unpaired) electrons. The second-order valence-electron chi connectivity index (χ2n) is 4.73. The van der Waals surface area contributed by atoms with E-state index < -0.39 is 0 Å². The fourth-order valence-corrected chi connectivity index (χ4v) is 3.21. The maximum absolute atomic E-state index is 12.1. The summed E-state index contributed by atoms with van der Waals surface area (Å²) < 4.78 is 7.43. The van der Waals surface area contributed by atoms with Crippen molar-refractivity contribution < 1.29 is 9.53 Å². The van der Waals surface area contributed by atoms with Crippen LogP contribution in [0.2, 0.25) is 0 Å². The van der Waals surface area contributed by atoms with Crippen LogP contribution in [-0.2, 0) is 13.0 Å². The van der Waals surface area contributed by atoms with Crippen molar-refractivity contribution >= 4 is 37.8 Å². The van der Waals surface area contributed by atoms with E-state index in [0.717, 1.165) is 26.7 Å². The van der Waals surface area contributed by atoms with Crippen molar-refractivity contribution in [3.8, 4) is 5.75 Å². The molecule has 21 heavy (non-hydrogen) atoms. The van der Waals surface area contributed by atoms with Gasteiger partial charge in [0.1, 0.15) is 5.75 Å². The van der Waals surface area contributed by atoms with E-state index in [4.69, 9.17) is 4.74 Å². The van der Waals surface area contributed by atoms with Crippen LogP contribution in [0.4, 0.5) is 0 Å². The van der Waals surface area contributed by atoms with E-state index in [-0.39, 0.29) is 5.91 Å². The Morgan fingerprint density at radius 3 is 2.90 bits per heavy atom. The van der Waals surface area contributed by atoms with Crippen LogP contribution in [0.25, 0.3) is 0 Å². The van der Waals surface area contributed by atoms with E-state index in [2.05, 4.69) is 48.2 Å². The topological polar surface area (TPSA) is 51.2 Å². The number of ether oxygens (including phenoxy) is 1. The third-order valence-corrected chi connectivity index (χ3v) is 4.12. The smallest absolute Gasteiger partial charge is 0.253 e. The number of carbonyl (C=O) groups is 1. The highest BCUT2D eigenvalue weighted by Crippen LogP contribution is 2.32. The highest BCUT2D eigenvalue weighted by atomic mass is 79.9. The summed E-state index contributed by atoms with van der Waals surface area (Å²) >= 11 is 6.80. The monoisotopic (exact) mass is 410 g/mol. The molecule has 1 amide bonds. The normalized spacial score (nSPS) is 12.7. The van der Waals surface area contributed by atoms with E-state index in [0.29, 0.717) is 18.7 Å². The molecule has 1 aromatic carbocycles. The zero-order valence-corrected chi connectivity index (χ0v) is 14.2. The van der Waals surface area contributed by atoms with E-state index in [1.54, 1.807) is 18.5 Å². The molecule has 0 unspecified atom stereocenters. The summed E-state index contributed by atoms with van der Waals surface area (Å²) in [5.41, 5.74) is 2.68. The molecule has 0 fully saturated rings. The minimum atomic E-state index is -0.157. The van der Waals surface area contributed by atoms with Crippen molar-refractivity contribution in [2.45, 2.75) is 13.0 Å². The fraction of sp³-hybridized carbons (Fsp3) is 0.200. The summed E-state index contributed by atoms with van der Waals surface area (Å²) in [7, 11) is 0. The Morgan fingerprint density at radius 2 is 2.10 bits per heavy atom. The maximum atomic E-state index is 12.1. The molecule has 2 heterocycles. The molecule has 0 aliphatic carbocycles. The van der Waals surface area contributed by atoms with Crippen molar-refractivity contribution in [3.63, 3.8) is 0 Å². The molecule has 108 valence electrons. The standard InChI is InChI=1S/C15H12Br2N2O2/c16-12-3-9-1-2-21-14(9)10(4-12)7-19-15(20)11-5-13(17)8-18-6-11/h3-6,8H,1-2,7H2,(H,19,20). The molecule has 0 saturated heterocycles. The maximum Gasteiger partial charge on any atom is 0.253 e. The number of amides is 1. The van der Waals surface area contributed by atoms with E-state index in [1.807, 2.05) is 6.07 Å². The van der Waals surface area contributed by atoms with Gasteiger partial charge in [-0.2, -0.15) is 0 Å². The molecule has 0 spiro atoms. The fourth-order valence-electron chi connectivity index (χ4n) is 2.29. The summed E-state index contributed by atoms with van der Waals surface area (Å²) in [5.74, 6) is 0.737. The lowest BCUT2D eigenvalue weighted by molar-refractivity contribution is 0.0950. The molecule has 0 bridgehead atoms. The highest BCUT2D eigenvalue weighted by Gasteiger charge is 2.18. The Kier molecular flexibility index (Phi) is 4.26. The van der Waals surface area contributed by atoms with Gasteiger partial charge >= 0.3 is 0 Å². The quantitative estimate of drug-likeness (QED) is 0.841. The lowest BCUT2D eigenvalue weighted by atomic mass is 10.1. The number of carbonyl (C=O) groups excluding carboxylic acids is 1. The van der Waals surface area contributed by atoms with Crippen LogP contribution in [0.1, 0.15) is 21.5 Å². The molecular formula is C15H12Br2N2O2. The first-order valence-corrected chi connectivity index (χ1v) is 8.05. The van der Waals surface area contributed by atoms with Gasteiger partial charge in [-0.3, -0.25) is 9.78 Å². The van der Waals surface area contributed by atoms with Gasteiger partial charge in [0, 0.05) is 39.9 Å². The van der Waals surface area contributed by atoms with Crippen LogP contribution in [-0.4, -0.2) is 17.5 Å². The average molecular weight is 412 g/mol. The van der Waals surface area contributed by atoms with Crippen LogP contribution >= 0.6 is 31.9 Å². The Morgan fingerprint density at radius 1 is 1.24 bits per heavy atom. The number of benzene rings is 1. The van der Waals surface area contributed by atoms with Crippen LogP contribution in [0.5, 0.6) is 5.75 Å². The summed E-state index contributed by atoms with van der Waals surface area (Å²) in [6.45, 7) is 1.12. The van der Waals surface area contributed by atoms with Gasteiger partial charge < -0.3 is 10.1 Å². The number of halogens is 2. The van der Waals surface area contributed by atoms with Crippen molar-refractivity contribution in [2.24, 2.45) is 0 Å². The van der Waals surface area contributed by atoms with Gasteiger partial charge in [-0.15, -0.1) is 0 Å². The largest absolute Gasteiger partial charge is 0.493 e. The molecule has 6 heteroatoms. The number of hydrogen-bond donors (Lipinski definition) is 1. The van der Waals surface area contributed by atoms with E-state index >= 15 is 0 Å². The summed E-state index contributed by atoms with van der Waals surface area (Å²) in [5, 5.41) is 2.90. The predicted octanol–water partition coefficient (Wildman–Crippen LogP) is 3.47.